The first-order valence-electron chi connectivity index (χ1n) is 7.71. The van der Waals surface area contributed by atoms with Gasteiger partial charge in [0.1, 0.15) is 0 Å². The van der Waals surface area contributed by atoms with E-state index >= 15 is 0 Å². The first kappa shape index (κ1) is 14.5. The molecular formula is C17H27NO. The second kappa shape index (κ2) is 7.66. The van der Waals surface area contributed by atoms with E-state index in [0.717, 1.165) is 13.2 Å². The third-order valence-corrected chi connectivity index (χ3v) is 4.16. The van der Waals surface area contributed by atoms with Gasteiger partial charge in [-0.25, -0.2) is 0 Å². The van der Waals surface area contributed by atoms with Crippen LogP contribution in [-0.2, 0) is 4.74 Å². The van der Waals surface area contributed by atoms with E-state index in [1.165, 1.54) is 31.2 Å². The molecule has 0 heterocycles. The van der Waals surface area contributed by atoms with Gasteiger partial charge in [-0.1, -0.05) is 57.0 Å². The minimum absolute atomic E-state index is 0.320. The third kappa shape index (κ3) is 4.32. The highest BCUT2D eigenvalue weighted by atomic mass is 16.5. The zero-order valence-corrected chi connectivity index (χ0v) is 12.3. The number of likely N-dealkylation sites (N-methyl/N-ethyl adjacent to an activating group) is 1. The Balaban J connectivity index is 1.90. The van der Waals surface area contributed by atoms with Gasteiger partial charge in [-0.2, -0.15) is 0 Å². The van der Waals surface area contributed by atoms with Gasteiger partial charge in [-0.15, -0.1) is 0 Å². The van der Waals surface area contributed by atoms with Crippen molar-refractivity contribution in [1.82, 2.24) is 5.32 Å². The number of rotatable bonds is 6. The van der Waals surface area contributed by atoms with Crippen LogP contribution in [0.15, 0.2) is 30.3 Å². The standard InChI is InChI=1S/C17H27NO/c1-3-18-16(15-10-5-4-6-11-15)13-19-17-12-8-7-9-14(17)2/h4-6,10-11,14,16-18H,3,7-9,12-13H2,1-2H3. The molecule has 2 heteroatoms. The first-order valence-corrected chi connectivity index (χ1v) is 7.71. The van der Waals surface area contributed by atoms with Crippen molar-refractivity contribution in [3.8, 4) is 0 Å². The number of ether oxygens (including phenoxy) is 1. The summed E-state index contributed by atoms with van der Waals surface area (Å²) in [5.74, 6) is 0.715. The molecule has 1 aliphatic rings. The quantitative estimate of drug-likeness (QED) is 0.837. The van der Waals surface area contributed by atoms with E-state index < -0.39 is 0 Å². The Morgan fingerprint density at radius 3 is 2.63 bits per heavy atom. The summed E-state index contributed by atoms with van der Waals surface area (Å²) in [5, 5.41) is 3.53. The molecule has 0 bridgehead atoms. The predicted octanol–water partition coefficient (Wildman–Crippen LogP) is 3.93. The Bertz CT molecular complexity index is 352. The molecule has 1 aromatic rings. The lowest BCUT2D eigenvalue weighted by Gasteiger charge is -2.30. The zero-order chi connectivity index (χ0) is 13.5. The van der Waals surface area contributed by atoms with Crippen LogP contribution in [0.3, 0.4) is 0 Å². The van der Waals surface area contributed by atoms with Gasteiger partial charge in [-0.05, 0) is 30.9 Å². The molecule has 0 saturated heterocycles. The normalized spacial score (nSPS) is 25.2. The van der Waals surface area contributed by atoms with E-state index in [4.69, 9.17) is 4.74 Å². The van der Waals surface area contributed by atoms with Crippen LogP contribution in [0.25, 0.3) is 0 Å². The van der Waals surface area contributed by atoms with Crippen LogP contribution >= 0.6 is 0 Å². The maximum atomic E-state index is 6.20. The van der Waals surface area contributed by atoms with Gasteiger partial charge in [0.15, 0.2) is 0 Å². The molecule has 0 radical (unpaired) electrons. The summed E-state index contributed by atoms with van der Waals surface area (Å²) >= 11 is 0. The summed E-state index contributed by atoms with van der Waals surface area (Å²) in [4.78, 5) is 0. The van der Waals surface area contributed by atoms with E-state index in [-0.39, 0.29) is 0 Å². The van der Waals surface area contributed by atoms with Crippen LogP contribution in [0.2, 0.25) is 0 Å². The van der Waals surface area contributed by atoms with E-state index in [1.807, 2.05) is 0 Å². The lowest BCUT2D eigenvalue weighted by molar-refractivity contribution is -0.0151. The smallest absolute Gasteiger partial charge is 0.0665 e. The second-order valence-corrected chi connectivity index (χ2v) is 5.65. The molecule has 2 nitrogen and oxygen atoms in total. The van der Waals surface area contributed by atoms with Crippen molar-refractivity contribution in [2.45, 2.75) is 51.7 Å². The van der Waals surface area contributed by atoms with Crippen LogP contribution < -0.4 is 5.32 Å². The number of hydrogen-bond acceptors (Lipinski definition) is 2. The van der Waals surface area contributed by atoms with E-state index in [9.17, 15) is 0 Å². The van der Waals surface area contributed by atoms with Crippen molar-refractivity contribution in [3.63, 3.8) is 0 Å². The monoisotopic (exact) mass is 261 g/mol. The molecular weight excluding hydrogens is 234 g/mol. The van der Waals surface area contributed by atoms with Crippen LogP contribution in [0.4, 0.5) is 0 Å². The summed E-state index contributed by atoms with van der Waals surface area (Å²) in [6.45, 7) is 6.24. The van der Waals surface area contributed by atoms with Crippen molar-refractivity contribution >= 4 is 0 Å². The van der Waals surface area contributed by atoms with Gasteiger partial charge in [0.2, 0.25) is 0 Å². The number of hydrogen-bond donors (Lipinski definition) is 1. The summed E-state index contributed by atoms with van der Waals surface area (Å²) in [7, 11) is 0. The predicted molar refractivity (Wildman–Crippen MR) is 80.2 cm³/mol. The molecule has 106 valence electrons. The maximum Gasteiger partial charge on any atom is 0.0665 e. The summed E-state index contributed by atoms with van der Waals surface area (Å²) in [5.41, 5.74) is 1.33. The van der Waals surface area contributed by atoms with Crippen LogP contribution in [0.5, 0.6) is 0 Å². The Morgan fingerprint density at radius 2 is 1.95 bits per heavy atom. The second-order valence-electron chi connectivity index (χ2n) is 5.65. The van der Waals surface area contributed by atoms with Crippen molar-refractivity contribution < 1.29 is 4.74 Å². The fraction of sp³-hybridized carbons (Fsp3) is 0.647. The highest BCUT2D eigenvalue weighted by Gasteiger charge is 2.23. The van der Waals surface area contributed by atoms with Crippen LogP contribution in [0.1, 0.15) is 51.1 Å². The Morgan fingerprint density at radius 1 is 1.21 bits per heavy atom. The minimum atomic E-state index is 0.320. The lowest BCUT2D eigenvalue weighted by Crippen LogP contribution is -2.31. The van der Waals surface area contributed by atoms with E-state index in [2.05, 4.69) is 49.5 Å². The number of benzene rings is 1. The van der Waals surface area contributed by atoms with Gasteiger partial charge >= 0.3 is 0 Å². The molecule has 1 aliphatic carbocycles. The molecule has 0 aromatic heterocycles. The molecule has 1 saturated carbocycles. The van der Waals surface area contributed by atoms with Gasteiger partial charge in [0.05, 0.1) is 18.8 Å². The average molecular weight is 261 g/mol. The molecule has 1 aromatic carbocycles. The number of nitrogens with one attached hydrogen (secondary N) is 1. The highest BCUT2D eigenvalue weighted by molar-refractivity contribution is 5.18. The topological polar surface area (TPSA) is 21.3 Å². The average Bonchev–Trinajstić information content (AvgIpc) is 2.46. The molecule has 2 rings (SSSR count). The van der Waals surface area contributed by atoms with Crippen molar-refractivity contribution in [1.29, 1.82) is 0 Å². The summed E-state index contributed by atoms with van der Waals surface area (Å²) < 4.78 is 6.20. The molecule has 3 unspecified atom stereocenters. The van der Waals surface area contributed by atoms with E-state index in [1.54, 1.807) is 0 Å². The molecule has 1 N–H and O–H groups in total. The highest BCUT2D eigenvalue weighted by Crippen LogP contribution is 2.27. The molecule has 0 spiro atoms. The SMILES string of the molecule is CCNC(COC1CCCCC1C)c1ccccc1. The molecule has 0 amide bonds. The van der Waals surface area contributed by atoms with Crippen LogP contribution in [0, 0.1) is 5.92 Å². The molecule has 3 atom stereocenters. The Labute approximate surface area is 117 Å². The summed E-state index contributed by atoms with van der Waals surface area (Å²) in [6.07, 6.45) is 5.71. The van der Waals surface area contributed by atoms with Crippen molar-refractivity contribution in [3.05, 3.63) is 35.9 Å². The van der Waals surface area contributed by atoms with Crippen molar-refractivity contribution in [2.24, 2.45) is 5.92 Å². The van der Waals surface area contributed by atoms with E-state index in [0.29, 0.717) is 18.1 Å². The largest absolute Gasteiger partial charge is 0.376 e. The molecule has 1 fully saturated rings. The Hall–Kier alpha value is -0.860. The molecule has 19 heavy (non-hydrogen) atoms. The van der Waals surface area contributed by atoms with Gasteiger partial charge in [-0.3, -0.25) is 0 Å². The fourth-order valence-corrected chi connectivity index (χ4v) is 2.95. The van der Waals surface area contributed by atoms with Gasteiger partial charge in [0.25, 0.3) is 0 Å². The third-order valence-electron chi connectivity index (χ3n) is 4.16. The van der Waals surface area contributed by atoms with Crippen molar-refractivity contribution in [2.75, 3.05) is 13.2 Å². The zero-order valence-electron chi connectivity index (χ0n) is 12.3. The molecule has 0 aliphatic heterocycles. The van der Waals surface area contributed by atoms with Gasteiger partial charge < -0.3 is 10.1 Å². The van der Waals surface area contributed by atoms with Crippen LogP contribution in [-0.4, -0.2) is 19.3 Å². The lowest BCUT2D eigenvalue weighted by atomic mass is 9.88. The first-order chi connectivity index (χ1) is 9.31. The minimum Gasteiger partial charge on any atom is -0.376 e. The fourth-order valence-electron chi connectivity index (χ4n) is 2.95. The van der Waals surface area contributed by atoms with Gasteiger partial charge in [0, 0.05) is 0 Å². The summed E-state index contributed by atoms with van der Waals surface area (Å²) in [6, 6.07) is 10.9. The Kier molecular flexibility index (Phi) is 5.87. The maximum absolute atomic E-state index is 6.20.